The minimum absolute atomic E-state index is 0.657. The lowest BCUT2D eigenvalue weighted by Crippen LogP contribution is -1.97. The van der Waals surface area contributed by atoms with Crippen LogP contribution in [0.2, 0.25) is 0 Å². The summed E-state index contributed by atoms with van der Waals surface area (Å²) >= 11 is 0. The highest BCUT2D eigenvalue weighted by molar-refractivity contribution is 6.29. The third-order valence-corrected chi connectivity index (χ3v) is 22.9. The summed E-state index contributed by atoms with van der Waals surface area (Å²) in [6, 6.07) is 148. The summed E-state index contributed by atoms with van der Waals surface area (Å²) in [6.45, 7) is 0. The molecule has 120 heavy (non-hydrogen) atoms. The van der Waals surface area contributed by atoms with E-state index in [9.17, 15) is 0 Å². The number of benzene rings is 17. The van der Waals surface area contributed by atoms with Gasteiger partial charge >= 0.3 is 0 Å². The fourth-order valence-corrected chi connectivity index (χ4v) is 17.3. The van der Waals surface area contributed by atoms with Gasteiger partial charge in [0.2, 0.25) is 0 Å². The Hall–Kier alpha value is -16.2. The Bertz CT molecular complexity index is 7790. The van der Waals surface area contributed by atoms with Crippen LogP contribution in [0.3, 0.4) is 0 Å². The average molecular weight is 1530 g/mol. The van der Waals surface area contributed by atoms with E-state index in [1.807, 2.05) is 54.6 Å². The van der Waals surface area contributed by atoms with Gasteiger partial charge in [0.05, 0.1) is 45.2 Å². The quantitative estimate of drug-likeness (QED) is 0.105. The first kappa shape index (κ1) is 70.5. The summed E-state index contributed by atoms with van der Waals surface area (Å²) in [5.41, 5.74) is 29.6. The minimum atomic E-state index is 0.657. The molecule has 8 nitrogen and oxygen atoms in total. The highest BCUT2D eigenvalue weighted by atomic mass is 16.3. The molecule has 0 saturated heterocycles. The van der Waals surface area contributed by atoms with E-state index in [1.54, 1.807) is 0 Å². The van der Waals surface area contributed by atoms with Crippen molar-refractivity contribution >= 4 is 87.2 Å². The number of para-hydroxylation sites is 4. The topological polar surface area (TPSA) is 104 Å². The second-order valence-corrected chi connectivity index (χ2v) is 30.3. The summed E-state index contributed by atoms with van der Waals surface area (Å²) in [6.07, 6.45) is 0. The number of nitrogens with zero attached hydrogens (tertiary/aromatic N) is 6. The van der Waals surface area contributed by atoms with E-state index in [1.165, 1.54) is 0 Å². The number of hydrogen-bond donors (Lipinski definition) is 0. The van der Waals surface area contributed by atoms with E-state index in [0.29, 0.717) is 11.6 Å². The maximum atomic E-state index is 6.66. The predicted octanol–water partition coefficient (Wildman–Crippen LogP) is 29.8. The second-order valence-electron chi connectivity index (χ2n) is 30.3. The van der Waals surface area contributed by atoms with Gasteiger partial charge in [-0.2, -0.15) is 0 Å². The molecule has 6 aromatic heterocycles. The van der Waals surface area contributed by atoms with E-state index in [0.717, 1.165) is 222 Å². The Morgan fingerprint density at radius 3 is 0.792 bits per heavy atom. The summed E-state index contributed by atoms with van der Waals surface area (Å²) in [7, 11) is 0. The van der Waals surface area contributed by atoms with Gasteiger partial charge in [0, 0.05) is 109 Å². The lowest BCUT2D eigenvalue weighted by atomic mass is 9.89. The lowest BCUT2D eigenvalue weighted by molar-refractivity contribution is 0.669. The standard InChI is InChI=1S/C59H37N3O.C53H33N3O/c1-4-17-38(18-5-1)41-23-14-25-43(33-41)51-37-52(62-59(61-51)46-28-15-24-42(34-46)39-19-6-2-7-20-39)44-26-16-27-45(35-44)58-49-36-54-57(48-30-11-13-32-53(48)63-54)55(40-21-8-3-9-22-40)56(49)47-29-10-12-31-50(47)60-58;1-4-16-34(17-5-1)37-22-14-23-38(30-37)45-33-46(56-53(55-45)36-20-8-3-9-21-36)39-24-15-25-40(31-39)52-43-32-48-51(42-27-11-13-29-47(42)57-48)49(35-18-6-2-7-19-35)50(43)41-26-10-12-28-44(41)54-52/h1-37H;1-33H. The lowest BCUT2D eigenvalue weighted by Gasteiger charge is -2.16. The zero-order valence-corrected chi connectivity index (χ0v) is 64.9. The molecule has 0 atom stereocenters. The van der Waals surface area contributed by atoms with E-state index in [2.05, 4.69) is 370 Å². The van der Waals surface area contributed by atoms with Crippen molar-refractivity contribution in [1.82, 2.24) is 29.9 Å². The summed E-state index contributed by atoms with van der Waals surface area (Å²) in [5, 5.41) is 11.0. The van der Waals surface area contributed by atoms with Crippen molar-refractivity contribution in [2.75, 3.05) is 0 Å². The Labute approximate surface area is 692 Å². The second kappa shape index (κ2) is 30.2. The van der Waals surface area contributed by atoms with Gasteiger partial charge in [-0.1, -0.05) is 346 Å². The van der Waals surface area contributed by atoms with Gasteiger partial charge in [-0.05, 0) is 123 Å². The fraction of sp³-hybridized carbons (Fsp3) is 0. The highest BCUT2D eigenvalue weighted by Gasteiger charge is 2.26. The van der Waals surface area contributed by atoms with Crippen LogP contribution in [0, 0.1) is 0 Å². The van der Waals surface area contributed by atoms with Crippen molar-refractivity contribution in [3.8, 4) is 146 Å². The molecule has 0 aliphatic rings. The zero-order valence-electron chi connectivity index (χ0n) is 64.9. The van der Waals surface area contributed by atoms with E-state index in [-0.39, 0.29) is 0 Å². The Kier molecular flexibility index (Phi) is 17.8. The Balaban J connectivity index is 0.000000145. The largest absolute Gasteiger partial charge is 0.456 e. The van der Waals surface area contributed by atoms with Gasteiger partial charge in [0.25, 0.3) is 0 Å². The summed E-state index contributed by atoms with van der Waals surface area (Å²) in [4.78, 5) is 31.8. The van der Waals surface area contributed by atoms with Gasteiger partial charge in [0.1, 0.15) is 22.3 Å². The molecular formula is C112H70N6O2. The maximum absolute atomic E-state index is 6.66. The van der Waals surface area contributed by atoms with Crippen molar-refractivity contribution in [3.05, 3.63) is 425 Å². The van der Waals surface area contributed by atoms with Crippen molar-refractivity contribution < 1.29 is 8.83 Å². The molecule has 0 aliphatic carbocycles. The maximum Gasteiger partial charge on any atom is 0.160 e. The molecular weight excluding hydrogens is 1460 g/mol. The van der Waals surface area contributed by atoms with Crippen LogP contribution in [0.15, 0.2) is 433 Å². The van der Waals surface area contributed by atoms with E-state index in [4.69, 9.17) is 38.7 Å². The van der Waals surface area contributed by atoms with Gasteiger partial charge in [-0.15, -0.1) is 0 Å². The van der Waals surface area contributed by atoms with Crippen molar-refractivity contribution in [2.24, 2.45) is 0 Å². The number of pyridine rings is 2. The monoisotopic (exact) mass is 1530 g/mol. The molecule has 0 spiro atoms. The predicted molar refractivity (Wildman–Crippen MR) is 495 cm³/mol. The molecule has 0 bridgehead atoms. The van der Waals surface area contributed by atoms with E-state index >= 15 is 0 Å². The van der Waals surface area contributed by atoms with Crippen LogP contribution in [0.1, 0.15) is 0 Å². The normalized spacial score (nSPS) is 11.5. The third-order valence-electron chi connectivity index (χ3n) is 22.9. The van der Waals surface area contributed by atoms with E-state index < -0.39 is 0 Å². The van der Waals surface area contributed by atoms with Gasteiger partial charge in [-0.25, -0.2) is 29.9 Å². The SMILES string of the molecule is c1ccc(-c2cccc(-c3cc(-c4cccc(-c5nc6ccccc6c6c(-c7ccccc7)c7c(cc56)oc5ccccc57)c4)nc(-c4cccc(-c5ccccc5)c4)n3)c2)cc1.c1ccc(-c2cccc(-c3cc(-c4cccc(-c5nc6ccccc6c6c(-c7ccccc7)c7c(cc56)oc5ccccc57)c4)nc(-c4ccccc4)n3)c2)cc1. The molecule has 6 heterocycles. The zero-order chi connectivity index (χ0) is 79.4. The number of furan rings is 2. The fourth-order valence-electron chi connectivity index (χ4n) is 17.3. The Morgan fingerprint density at radius 2 is 0.417 bits per heavy atom. The number of rotatable bonds is 13. The minimum Gasteiger partial charge on any atom is -0.456 e. The molecule has 0 unspecified atom stereocenters. The molecule has 0 aliphatic heterocycles. The first-order chi connectivity index (χ1) is 59.5. The van der Waals surface area contributed by atoms with Crippen LogP contribution in [-0.2, 0) is 0 Å². The molecule has 0 N–H and O–H groups in total. The first-order valence-corrected chi connectivity index (χ1v) is 40.4. The molecule has 23 aromatic rings. The third kappa shape index (κ3) is 13.0. The molecule has 0 amide bonds. The van der Waals surface area contributed by atoms with Crippen molar-refractivity contribution in [2.45, 2.75) is 0 Å². The Morgan fingerprint density at radius 1 is 0.150 bits per heavy atom. The number of fused-ring (bicyclic) bond motifs is 12. The smallest absolute Gasteiger partial charge is 0.160 e. The summed E-state index contributed by atoms with van der Waals surface area (Å²) in [5.74, 6) is 1.33. The molecule has 560 valence electrons. The molecule has 0 radical (unpaired) electrons. The van der Waals surface area contributed by atoms with Crippen LogP contribution < -0.4 is 0 Å². The van der Waals surface area contributed by atoms with Crippen LogP contribution in [0.25, 0.3) is 233 Å². The highest BCUT2D eigenvalue weighted by Crippen LogP contribution is 2.50. The van der Waals surface area contributed by atoms with Crippen LogP contribution in [-0.4, -0.2) is 29.9 Å². The van der Waals surface area contributed by atoms with Gasteiger partial charge < -0.3 is 8.83 Å². The molecule has 0 saturated carbocycles. The number of aromatic nitrogens is 6. The summed E-state index contributed by atoms with van der Waals surface area (Å²) < 4.78 is 13.3. The van der Waals surface area contributed by atoms with Crippen molar-refractivity contribution in [1.29, 1.82) is 0 Å². The van der Waals surface area contributed by atoms with Gasteiger partial charge in [-0.3, -0.25) is 0 Å². The molecule has 17 aromatic carbocycles. The van der Waals surface area contributed by atoms with Crippen molar-refractivity contribution in [3.63, 3.8) is 0 Å². The first-order valence-electron chi connectivity index (χ1n) is 40.4. The molecule has 23 rings (SSSR count). The average Bonchev–Trinajstić information content (AvgIpc) is 1.46. The van der Waals surface area contributed by atoms with Crippen LogP contribution >= 0.6 is 0 Å². The molecule has 0 fully saturated rings. The van der Waals surface area contributed by atoms with Crippen LogP contribution in [0.4, 0.5) is 0 Å². The molecule has 8 heteroatoms. The van der Waals surface area contributed by atoms with Gasteiger partial charge in [0.15, 0.2) is 11.6 Å². The number of hydrogen-bond acceptors (Lipinski definition) is 8. The van der Waals surface area contributed by atoms with Crippen LogP contribution in [0.5, 0.6) is 0 Å².